The van der Waals surface area contributed by atoms with Crippen molar-refractivity contribution < 1.29 is 18.0 Å². The van der Waals surface area contributed by atoms with E-state index >= 15 is 0 Å². The Morgan fingerprint density at radius 1 is 1.36 bits per heavy atom. The first-order valence-corrected chi connectivity index (χ1v) is 7.12. The van der Waals surface area contributed by atoms with Gasteiger partial charge in [-0.2, -0.15) is 13.2 Å². The first-order valence-electron chi connectivity index (χ1n) is 6.74. The number of carbonyl (C=O) groups is 1. The van der Waals surface area contributed by atoms with Gasteiger partial charge in [0.05, 0.1) is 0 Å². The average molecular weight is 329 g/mol. The molecule has 1 aliphatic carbocycles. The third-order valence-corrected chi connectivity index (χ3v) is 4.01. The fourth-order valence-electron chi connectivity index (χ4n) is 2.37. The monoisotopic (exact) mass is 328 g/mol. The molecule has 1 unspecified atom stereocenters. The second kappa shape index (κ2) is 5.12. The van der Waals surface area contributed by atoms with E-state index < -0.39 is 17.6 Å². The highest BCUT2D eigenvalue weighted by atomic mass is 35.5. The Morgan fingerprint density at radius 3 is 2.73 bits per heavy atom. The molecule has 116 valence electrons. The molecule has 3 rings (SSSR count). The van der Waals surface area contributed by atoms with E-state index in [1.54, 1.807) is 6.08 Å². The quantitative estimate of drug-likeness (QED) is 0.784. The Hall–Kier alpha value is -1.82. The number of rotatable bonds is 2. The second-order valence-electron chi connectivity index (χ2n) is 5.44. The van der Waals surface area contributed by atoms with Crippen LogP contribution in [0, 0.1) is 5.92 Å². The summed E-state index contributed by atoms with van der Waals surface area (Å²) in [6.45, 7) is 0. The molecule has 0 radical (unpaired) electrons. The fraction of sp³-hybridized carbons (Fsp3) is 0.333. The number of nitrogens with one attached hydrogen (secondary N) is 1. The summed E-state index contributed by atoms with van der Waals surface area (Å²) in [5, 5.41) is 2.51. The Balaban J connectivity index is 2.24. The maximum atomic E-state index is 13.9. The van der Waals surface area contributed by atoms with Crippen LogP contribution in [0.5, 0.6) is 0 Å². The summed E-state index contributed by atoms with van der Waals surface area (Å²) >= 11 is 5.87. The number of halogens is 4. The molecule has 1 atom stereocenters. The molecule has 0 spiro atoms. The van der Waals surface area contributed by atoms with Gasteiger partial charge in [-0.1, -0.05) is 23.8 Å². The first-order chi connectivity index (χ1) is 10.3. The van der Waals surface area contributed by atoms with Crippen molar-refractivity contribution >= 4 is 29.5 Å². The Kier molecular flexibility index (Phi) is 3.51. The van der Waals surface area contributed by atoms with E-state index in [0.717, 1.165) is 18.9 Å². The molecular formula is C15H12ClF3N2O. The summed E-state index contributed by atoms with van der Waals surface area (Å²) < 4.78 is 41.6. The van der Waals surface area contributed by atoms with Crippen molar-refractivity contribution in [2.45, 2.75) is 24.4 Å². The molecule has 1 N–H and O–H groups in total. The van der Waals surface area contributed by atoms with Gasteiger partial charge < -0.3 is 5.32 Å². The van der Waals surface area contributed by atoms with E-state index in [9.17, 15) is 18.0 Å². The van der Waals surface area contributed by atoms with Crippen LogP contribution in [0.4, 0.5) is 23.7 Å². The van der Waals surface area contributed by atoms with Crippen LogP contribution in [0.15, 0.2) is 35.3 Å². The Labute approximate surface area is 129 Å². The zero-order chi connectivity index (χ0) is 16.0. The molecule has 1 aromatic rings. The van der Waals surface area contributed by atoms with E-state index in [2.05, 4.69) is 10.3 Å². The van der Waals surface area contributed by atoms with Crippen molar-refractivity contribution in [3.05, 3.63) is 40.9 Å². The number of alkyl halides is 3. The van der Waals surface area contributed by atoms with Gasteiger partial charge in [0.25, 0.3) is 0 Å². The van der Waals surface area contributed by atoms with Crippen LogP contribution in [0.25, 0.3) is 0 Å². The van der Waals surface area contributed by atoms with E-state index in [1.165, 1.54) is 18.2 Å². The lowest BCUT2D eigenvalue weighted by molar-refractivity contribution is -0.155. The van der Waals surface area contributed by atoms with Gasteiger partial charge in [-0.15, -0.1) is 0 Å². The summed E-state index contributed by atoms with van der Waals surface area (Å²) in [6.07, 6.45) is 0.392. The van der Waals surface area contributed by atoms with Gasteiger partial charge in [-0.3, -0.25) is 0 Å². The highest BCUT2D eigenvalue weighted by Gasteiger charge is 2.55. The fourth-order valence-corrected chi connectivity index (χ4v) is 2.55. The van der Waals surface area contributed by atoms with Gasteiger partial charge in [0.2, 0.25) is 0 Å². The molecule has 1 saturated carbocycles. The van der Waals surface area contributed by atoms with Crippen molar-refractivity contribution in [1.82, 2.24) is 0 Å². The maximum Gasteiger partial charge on any atom is 0.406 e. The number of hydrogen-bond acceptors (Lipinski definition) is 1. The lowest BCUT2D eigenvalue weighted by Crippen LogP contribution is -2.42. The molecule has 1 aromatic carbocycles. The molecule has 1 heterocycles. The van der Waals surface area contributed by atoms with Gasteiger partial charge in [0.1, 0.15) is 5.41 Å². The van der Waals surface area contributed by atoms with Crippen molar-refractivity contribution in [3.8, 4) is 0 Å². The number of amides is 2. The SMILES string of the molecule is O=C1N=CC(C=CC2CC2)(C(F)(F)F)c2cc(Cl)ccc2N1. The zero-order valence-corrected chi connectivity index (χ0v) is 12.1. The van der Waals surface area contributed by atoms with Gasteiger partial charge in [-0.05, 0) is 37.0 Å². The zero-order valence-electron chi connectivity index (χ0n) is 11.3. The highest BCUT2D eigenvalue weighted by Crippen LogP contribution is 2.46. The third-order valence-electron chi connectivity index (χ3n) is 3.78. The second-order valence-corrected chi connectivity index (χ2v) is 5.88. The Bertz CT molecular complexity index is 680. The van der Waals surface area contributed by atoms with Crippen LogP contribution in [0.2, 0.25) is 5.02 Å². The van der Waals surface area contributed by atoms with Gasteiger partial charge in [-0.25, -0.2) is 9.79 Å². The number of urea groups is 1. The van der Waals surface area contributed by atoms with Crippen LogP contribution in [0.1, 0.15) is 18.4 Å². The molecule has 22 heavy (non-hydrogen) atoms. The molecule has 0 saturated heterocycles. The standard InChI is InChI=1S/C15H12ClF3N2O/c16-10-3-4-12-11(7-10)14(15(17,18)19,6-5-9-1-2-9)8-20-13(22)21-12/h3-9H,1-2H2,(H,21,22). The number of aliphatic imine (C=N–C) groups is 1. The Morgan fingerprint density at radius 2 is 2.09 bits per heavy atom. The molecule has 3 nitrogen and oxygen atoms in total. The molecular weight excluding hydrogens is 317 g/mol. The van der Waals surface area contributed by atoms with Crippen molar-refractivity contribution in [2.24, 2.45) is 10.9 Å². The van der Waals surface area contributed by atoms with Crippen LogP contribution >= 0.6 is 11.6 Å². The minimum atomic E-state index is -4.65. The number of allylic oxidation sites excluding steroid dienone is 2. The number of hydrogen-bond donors (Lipinski definition) is 1. The largest absolute Gasteiger partial charge is 0.406 e. The predicted molar refractivity (Wildman–Crippen MR) is 78.6 cm³/mol. The van der Waals surface area contributed by atoms with E-state index in [0.29, 0.717) is 6.21 Å². The molecule has 2 aliphatic rings. The summed E-state index contributed by atoms with van der Waals surface area (Å²) in [5.74, 6) is 0.155. The first kappa shape index (κ1) is 15.1. The molecule has 1 aliphatic heterocycles. The smallest absolute Gasteiger partial charge is 0.306 e. The van der Waals surface area contributed by atoms with E-state index in [4.69, 9.17) is 11.6 Å². The van der Waals surface area contributed by atoms with Crippen molar-refractivity contribution in [3.63, 3.8) is 0 Å². The molecule has 0 aromatic heterocycles. The number of anilines is 1. The average Bonchev–Trinajstić information content (AvgIpc) is 3.24. The van der Waals surface area contributed by atoms with Crippen LogP contribution in [-0.4, -0.2) is 18.4 Å². The maximum absolute atomic E-state index is 13.9. The third kappa shape index (κ3) is 2.63. The van der Waals surface area contributed by atoms with Gasteiger partial charge >= 0.3 is 12.2 Å². The van der Waals surface area contributed by atoms with Crippen LogP contribution in [0.3, 0.4) is 0 Å². The van der Waals surface area contributed by atoms with Crippen LogP contribution < -0.4 is 5.32 Å². The molecule has 2 amide bonds. The van der Waals surface area contributed by atoms with Crippen LogP contribution in [-0.2, 0) is 5.41 Å². The van der Waals surface area contributed by atoms with Gasteiger partial charge in [0.15, 0.2) is 0 Å². The number of benzene rings is 1. The lowest BCUT2D eigenvalue weighted by Gasteiger charge is -2.30. The van der Waals surface area contributed by atoms with Crippen molar-refractivity contribution in [1.29, 1.82) is 0 Å². The summed E-state index contributed by atoms with van der Waals surface area (Å²) in [4.78, 5) is 15.0. The molecule has 0 bridgehead atoms. The van der Waals surface area contributed by atoms with Crippen molar-refractivity contribution in [2.75, 3.05) is 5.32 Å². The normalized spacial score (nSPS) is 25.0. The number of fused-ring (bicyclic) bond motifs is 1. The minimum absolute atomic E-state index is 0.0599. The number of carbonyl (C=O) groups excluding carboxylic acids is 1. The van der Waals surface area contributed by atoms with Gasteiger partial charge in [0, 0.05) is 22.5 Å². The summed E-state index contributed by atoms with van der Waals surface area (Å²) in [6, 6.07) is 3.17. The molecule has 1 fully saturated rings. The van der Waals surface area contributed by atoms with E-state index in [-0.39, 0.29) is 22.2 Å². The number of nitrogens with zero attached hydrogens (tertiary/aromatic N) is 1. The summed E-state index contributed by atoms with van der Waals surface area (Å²) in [5.41, 5.74) is -2.53. The minimum Gasteiger partial charge on any atom is -0.306 e. The molecule has 7 heteroatoms. The highest BCUT2D eigenvalue weighted by molar-refractivity contribution is 6.30. The van der Waals surface area contributed by atoms with E-state index in [1.807, 2.05) is 0 Å². The topological polar surface area (TPSA) is 41.5 Å². The predicted octanol–water partition coefficient (Wildman–Crippen LogP) is 4.72. The lowest BCUT2D eigenvalue weighted by atomic mass is 9.79. The summed E-state index contributed by atoms with van der Waals surface area (Å²) in [7, 11) is 0.